The minimum atomic E-state index is -3.31. The molecule has 1 aliphatic heterocycles. The molecule has 0 radical (unpaired) electrons. The van der Waals surface area contributed by atoms with Crippen LogP contribution in [-0.4, -0.2) is 53.6 Å². The Balaban J connectivity index is 1.30. The van der Waals surface area contributed by atoms with Gasteiger partial charge in [-0.05, 0) is 43.7 Å². The summed E-state index contributed by atoms with van der Waals surface area (Å²) in [6, 6.07) is 14.3. The summed E-state index contributed by atoms with van der Waals surface area (Å²) < 4.78 is 30.5. The van der Waals surface area contributed by atoms with Crippen molar-refractivity contribution in [3.8, 4) is 5.88 Å². The molecule has 0 unspecified atom stereocenters. The third-order valence-electron chi connectivity index (χ3n) is 5.74. The van der Waals surface area contributed by atoms with E-state index in [1.54, 1.807) is 44.3 Å². The summed E-state index contributed by atoms with van der Waals surface area (Å²) in [7, 11) is -3.31. The van der Waals surface area contributed by atoms with Crippen molar-refractivity contribution in [3.05, 3.63) is 60.3 Å². The normalized spacial score (nSPS) is 15.3. The van der Waals surface area contributed by atoms with E-state index in [9.17, 15) is 13.2 Å². The third-order valence-corrected chi connectivity index (χ3v) is 7.91. The van der Waals surface area contributed by atoms with Crippen molar-refractivity contribution >= 4 is 26.8 Å². The quantitative estimate of drug-likeness (QED) is 0.568. The third kappa shape index (κ3) is 4.91. The Morgan fingerprint density at radius 2 is 1.72 bits per heavy atom. The number of amides is 1. The molecule has 7 nitrogen and oxygen atoms in total. The molecule has 1 fully saturated rings. The van der Waals surface area contributed by atoms with Crippen molar-refractivity contribution in [2.45, 2.75) is 49.4 Å². The van der Waals surface area contributed by atoms with Gasteiger partial charge in [0.1, 0.15) is 6.10 Å². The molecule has 0 saturated carbocycles. The zero-order valence-corrected chi connectivity index (χ0v) is 19.1. The van der Waals surface area contributed by atoms with Crippen LogP contribution in [0.1, 0.15) is 32.3 Å². The Bertz CT molecular complexity index is 1200. The first-order valence-electron chi connectivity index (χ1n) is 10.8. The SMILES string of the molecule is CC(C)S(=O)(=O)c1ccc(CC(=O)N2CCC(Oc3cnc4ccccc4n3)CC2)cc1. The van der Waals surface area contributed by atoms with Gasteiger partial charge in [-0.3, -0.25) is 4.79 Å². The van der Waals surface area contributed by atoms with E-state index in [0.717, 1.165) is 29.4 Å². The average Bonchev–Trinajstić information content (AvgIpc) is 2.79. The minimum absolute atomic E-state index is 0.00460. The molecule has 0 atom stereocenters. The molecular weight excluding hydrogens is 426 g/mol. The Kier molecular flexibility index (Phi) is 6.41. The number of carbonyl (C=O) groups is 1. The molecule has 2 heterocycles. The lowest BCUT2D eigenvalue weighted by Crippen LogP contribution is -2.42. The average molecular weight is 454 g/mol. The van der Waals surface area contributed by atoms with Gasteiger partial charge in [-0.25, -0.2) is 18.4 Å². The lowest BCUT2D eigenvalue weighted by molar-refractivity contribution is -0.132. The van der Waals surface area contributed by atoms with Crippen LogP contribution in [0.2, 0.25) is 0 Å². The number of piperidine rings is 1. The highest BCUT2D eigenvalue weighted by atomic mass is 32.2. The molecule has 1 saturated heterocycles. The minimum Gasteiger partial charge on any atom is -0.473 e. The topological polar surface area (TPSA) is 89.5 Å². The molecule has 3 aromatic rings. The van der Waals surface area contributed by atoms with Crippen LogP contribution in [0.4, 0.5) is 0 Å². The molecule has 8 heteroatoms. The number of rotatable bonds is 6. The highest BCUT2D eigenvalue weighted by Crippen LogP contribution is 2.21. The standard InChI is InChI=1S/C24H27N3O4S/c1-17(2)32(29,30)20-9-7-18(8-10-20)15-24(28)27-13-11-19(12-14-27)31-23-16-25-21-5-3-4-6-22(21)26-23/h3-10,16-17,19H,11-15H2,1-2H3. The fourth-order valence-electron chi connectivity index (χ4n) is 3.75. The van der Waals surface area contributed by atoms with E-state index in [1.165, 1.54) is 0 Å². The maximum atomic E-state index is 12.7. The van der Waals surface area contributed by atoms with Crippen molar-refractivity contribution in [3.63, 3.8) is 0 Å². The number of hydrogen-bond donors (Lipinski definition) is 0. The van der Waals surface area contributed by atoms with Gasteiger partial charge < -0.3 is 9.64 Å². The van der Waals surface area contributed by atoms with Gasteiger partial charge in [-0.15, -0.1) is 0 Å². The Morgan fingerprint density at radius 1 is 1.06 bits per heavy atom. The fraction of sp³-hybridized carbons (Fsp3) is 0.375. The maximum Gasteiger partial charge on any atom is 0.233 e. The van der Waals surface area contributed by atoms with Gasteiger partial charge in [0.05, 0.1) is 33.8 Å². The number of para-hydroxylation sites is 2. The van der Waals surface area contributed by atoms with E-state index in [0.29, 0.717) is 23.9 Å². The first kappa shape index (κ1) is 22.2. The van der Waals surface area contributed by atoms with Crippen LogP contribution < -0.4 is 4.74 Å². The predicted molar refractivity (Wildman–Crippen MR) is 122 cm³/mol. The number of nitrogens with zero attached hydrogens (tertiary/aromatic N) is 3. The van der Waals surface area contributed by atoms with Gasteiger partial charge in [-0.1, -0.05) is 24.3 Å². The van der Waals surface area contributed by atoms with E-state index in [2.05, 4.69) is 9.97 Å². The molecule has 0 spiro atoms. The summed E-state index contributed by atoms with van der Waals surface area (Å²) >= 11 is 0. The van der Waals surface area contributed by atoms with Gasteiger partial charge in [0.2, 0.25) is 11.8 Å². The molecule has 32 heavy (non-hydrogen) atoms. The zero-order chi connectivity index (χ0) is 22.7. The van der Waals surface area contributed by atoms with Gasteiger partial charge in [-0.2, -0.15) is 0 Å². The molecule has 1 aliphatic rings. The molecule has 4 rings (SSSR count). The number of benzene rings is 2. The van der Waals surface area contributed by atoms with Gasteiger partial charge in [0.15, 0.2) is 9.84 Å². The number of aromatic nitrogens is 2. The van der Waals surface area contributed by atoms with Crippen molar-refractivity contribution in [1.29, 1.82) is 0 Å². The van der Waals surface area contributed by atoms with Crippen LogP contribution >= 0.6 is 0 Å². The van der Waals surface area contributed by atoms with E-state index in [1.807, 2.05) is 29.2 Å². The van der Waals surface area contributed by atoms with Crippen molar-refractivity contribution in [1.82, 2.24) is 14.9 Å². The monoisotopic (exact) mass is 453 g/mol. The van der Waals surface area contributed by atoms with Crippen LogP contribution in [0.3, 0.4) is 0 Å². The van der Waals surface area contributed by atoms with Crippen molar-refractivity contribution in [2.75, 3.05) is 13.1 Å². The van der Waals surface area contributed by atoms with Crippen LogP contribution in [0.25, 0.3) is 11.0 Å². The van der Waals surface area contributed by atoms with Crippen LogP contribution in [0.5, 0.6) is 5.88 Å². The number of hydrogen-bond acceptors (Lipinski definition) is 6. The molecule has 0 bridgehead atoms. The number of likely N-dealkylation sites (tertiary alicyclic amines) is 1. The second-order valence-electron chi connectivity index (χ2n) is 8.31. The van der Waals surface area contributed by atoms with Gasteiger partial charge in [0, 0.05) is 25.9 Å². The summed E-state index contributed by atoms with van der Waals surface area (Å²) in [5.41, 5.74) is 2.43. The second kappa shape index (κ2) is 9.24. The summed E-state index contributed by atoms with van der Waals surface area (Å²) in [5, 5.41) is -0.473. The van der Waals surface area contributed by atoms with Crippen LogP contribution in [0, 0.1) is 0 Å². The maximum absolute atomic E-state index is 12.7. The summed E-state index contributed by atoms with van der Waals surface area (Å²) in [6.07, 6.45) is 3.35. The van der Waals surface area contributed by atoms with Gasteiger partial charge in [0.25, 0.3) is 0 Å². The molecule has 168 valence electrons. The first-order valence-corrected chi connectivity index (χ1v) is 12.4. The zero-order valence-electron chi connectivity index (χ0n) is 18.3. The van der Waals surface area contributed by atoms with Crippen LogP contribution in [-0.2, 0) is 21.1 Å². The lowest BCUT2D eigenvalue weighted by Gasteiger charge is -2.32. The molecule has 1 amide bonds. The molecule has 0 N–H and O–H groups in total. The Hall–Kier alpha value is -3.00. The summed E-state index contributed by atoms with van der Waals surface area (Å²) in [6.45, 7) is 4.55. The summed E-state index contributed by atoms with van der Waals surface area (Å²) in [5.74, 6) is 0.540. The lowest BCUT2D eigenvalue weighted by atomic mass is 10.1. The van der Waals surface area contributed by atoms with E-state index >= 15 is 0 Å². The smallest absolute Gasteiger partial charge is 0.233 e. The molecule has 1 aromatic heterocycles. The van der Waals surface area contributed by atoms with E-state index < -0.39 is 15.1 Å². The fourth-order valence-corrected chi connectivity index (χ4v) is 4.81. The van der Waals surface area contributed by atoms with Crippen molar-refractivity contribution < 1.29 is 17.9 Å². The number of ether oxygens (including phenoxy) is 1. The number of carbonyl (C=O) groups excluding carboxylic acids is 1. The molecule has 0 aliphatic carbocycles. The number of fused-ring (bicyclic) bond motifs is 1. The summed E-state index contributed by atoms with van der Waals surface area (Å²) in [4.78, 5) is 23.7. The first-order chi connectivity index (χ1) is 15.3. The highest BCUT2D eigenvalue weighted by Gasteiger charge is 2.25. The van der Waals surface area contributed by atoms with Gasteiger partial charge >= 0.3 is 0 Å². The molecular formula is C24H27N3O4S. The largest absolute Gasteiger partial charge is 0.473 e. The Morgan fingerprint density at radius 3 is 2.38 bits per heavy atom. The van der Waals surface area contributed by atoms with E-state index in [-0.39, 0.29) is 18.4 Å². The Labute approximate surface area is 188 Å². The van der Waals surface area contributed by atoms with E-state index in [4.69, 9.17) is 4.74 Å². The van der Waals surface area contributed by atoms with Crippen LogP contribution in [0.15, 0.2) is 59.6 Å². The highest BCUT2D eigenvalue weighted by molar-refractivity contribution is 7.92. The second-order valence-corrected chi connectivity index (χ2v) is 10.8. The predicted octanol–water partition coefficient (Wildman–Crippen LogP) is 3.42. The number of sulfone groups is 1. The van der Waals surface area contributed by atoms with Crippen molar-refractivity contribution in [2.24, 2.45) is 0 Å². The molecule has 2 aromatic carbocycles.